The van der Waals surface area contributed by atoms with Gasteiger partial charge in [-0.3, -0.25) is 9.36 Å². The quantitative estimate of drug-likeness (QED) is 0.402. The summed E-state index contributed by atoms with van der Waals surface area (Å²) in [5, 5.41) is 0. The number of carbonyl (C=O) groups excluding carboxylic acids is 1. The third-order valence-electron chi connectivity index (χ3n) is 6.89. The number of hydrogen-bond donors (Lipinski definition) is 0. The van der Waals surface area contributed by atoms with Gasteiger partial charge in [-0.2, -0.15) is 0 Å². The van der Waals surface area contributed by atoms with Crippen molar-refractivity contribution in [1.82, 2.24) is 4.57 Å². The average molecular weight is 548 g/mol. The Morgan fingerprint density at radius 1 is 1.13 bits per heavy atom. The largest absolute Gasteiger partial charge is 0.496 e. The number of anilines is 1. The van der Waals surface area contributed by atoms with Gasteiger partial charge in [-0.05, 0) is 43.2 Å². The summed E-state index contributed by atoms with van der Waals surface area (Å²) in [6.45, 7) is 7.22. The summed E-state index contributed by atoms with van der Waals surface area (Å²) in [4.78, 5) is 35.0. The van der Waals surface area contributed by atoms with E-state index in [1.165, 1.54) is 11.3 Å². The summed E-state index contributed by atoms with van der Waals surface area (Å²) < 4.78 is 18.8. The molecule has 39 heavy (non-hydrogen) atoms. The van der Waals surface area contributed by atoms with Crippen molar-refractivity contribution in [2.24, 2.45) is 4.99 Å². The fraction of sp³-hybridized carbons (Fsp3) is 0.367. The molecule has 204 valence electrons. The molecule has 1 saturated heterocycles. The predicted molar refractivity (Wildman–Crippen MR) is 152 cm³/mol. The van der Waals surface area contributed by atoms with E-state index in [0.717, 1.165) is 44.0 Å². The van der Waals surface area contributed by atoms with E-state index >= 15 is 0 Å². The van der Waals surface area contributed by atoms with Crippen LogP contribution >= 0.6 is 11.3 Å². The number of para-hydroxylation sites is 1. The lowest BCUT2D eigenvalue weighted by Crippen LogP contribution is -2.40. The Kier molecular flexibility index (Phi) is 8.28. The molecule has 8 nitrogen and oxygen atoms in total. The van der Waals surface area contributed by atoms with Gasteiger partial charge in [0.1, 0.15) is 11.8 Å². The molecule has 0 N–H and O–H groups in total. The molecule has 0 spiro atoms. The minimum atomic E-state index is -0.705. The zero-order chi connectivity index (χ0) is 27.4. The van der Waals surface area contributed by atoms with E-state index < -0.39 is 12.0 Å². The molecular weight excluding hydrogens is 514 g/mol. The van der Waals surface area contributed by atoms with Crippen LogP contribution < -0.4 is 24.5 Å². The molecule has 1 fully saturated rings. The molecule has 0 unspecified atom stereocenters. The second-order valence-corrected chi connectivity index (χ2v) is 10.4. The number of hydrogen-bond acceptors (Lipinski definition) is 8. The van der Waals surface area contributed by atoms with Crippen molar-refractivity contribution in [2.45, 2.75) is 32.7 Å². The van der Waals surface area contributed by atoms with Crippen LogP contribution in [0.1, 0.15) is 43.9 Å². The first-order valence-electron chi connectivity index (χ1n) is 13.3. The van der Waals surface area contributed by atoms with E-state index in [-0.39, 0.29) is 12.2 Å². The third-order valence-corrected chi connectivity index (χ3v) is 7.88. The standard InChI is InChI=1S/C30H33N3O5S/c1-4-8-23-26(29(35)38-5-2)27(22-9-6-7-10-24(22)36-3)33-28(34)25(39-30(33)31-23)19-20-11-13-21(14-12-20)32-15-17-37-18-16-32/h6-7,9-14,19,27H,4-5,8,15-18H2,1-3H3/b25-19+/t27-/m0/s1. The van der Waals surface area contributed by atoms with Gasteiger partial charge in [0.15, 0.2) is 4.80 Å². The highest BCUT2D eigenvalue weighted by Gasteiger charge is 2.35. The highest BCUT2D eigenvalue weighted by atomic mass is 32.1. The summed E-state index contributed by atoms with van der Waals surface area (Å²) in [5.41, 5.74) is 3.60. The maximum absolute atomic E-state index is 14.0. The lowest BCUT2D eigenvalue weighted by molar-refractivity contribution is -0.139. The first-order valence-corrected chi connectivity index (χ1v) is 14.1. The summed E-state index contributed by atoms with van der Waals surface area (Å²) in [6, 6.07) is 15.0. The van der Waals surface area contributed by atoms with Gasteiger partial charge >= 0.3 is 5.97 Å². The molecule has 2 aliphatic heterocycles. The number of fused-ring (bicyclic) bond motifs is 1. The molecule has 0 radical (unpaired) electrons. The van der Waals surface area contributed by atoms with Crippen LogP contribution in [0, 0.1) is 0 Å². The maximum Gasteiger partial charge on any atom is 0.338 e. The lowest BCUT2D eigenvalue weighted by Gasteiger charge is -2.28. The number of carbonyl (C=O) groups is 1. The fourth-order valence-electron chi connectivity index (χ4n) is 5.06. The van der Waals surface area contributed by atoms with Gasteiger partial charge in [0.25, 0.3) is 5.56 Å². The molecule has 0 amide bonds. The third kappa shape index (κ3) is 5.42. The summed E-state index contributed by atoms with van der Waals surface area (Å²) in [7, 11) is 1.59. The normalized spacial score (nSPS) is 17.6. The van der Waals surface area contributed by atoms with Crippen LogP contribution in [0.2, 0.25) is 0 Å². The van der Waals surface area contributed by atoms with Gasteiger partial charge in [0.2, 0.25) is 0 Å². The molecule has 0 aliphatic carbocycles. The number of ether oxygens (including phenoxy) is 3. The molecule has 1 atom stereocenters. The van der Waals surface area contributed by atoms with Crippen LogP contribution in [-0.4, -0.2) is 50.6 Å². The Balaban J connectivity index is 1.64. The number of morpholine rings is 1. The molecular formula is C30H33N3O5S. The average Bonchev–Trinajstić information content (AvgIpc) is 3.27. The Bertz CT molecular complexity index is 1550. The molecule has 0 bridgehead atoms. The van der Waals surface area contributed by atoms with E-state index in [2.05, 4.69) is 17.0 Å². The molecule has 5 rings (SSSR count). The first kappa shape index (κ1) is 26.9. The van der Waals surface area contributed by atoms with E-state index in [4.69, 9.17) is 19.2 Å². The van der Waals surface area contributed by atoms with Gasteiger partial charge in [-0.1, -0.05) is 55.0 Å². The van der Waals surface area contributed by atoms with E-state index in [1.54, 1.807) is 18.6 Å². The second-order valence-electron chi connectivity index (χ2n) is 9.35. The maximum atomic E-state index is 14.0. The van der Waals surface area contributed by atoms with Crippen LogP contribution in [0.4, 0.5) is 5.69 Å². The SMILES string of the molecule is CCCC1=C(C(=O)OCC)[C@H](c2ccccc2OC)n2c(s/c(=C/c3ccc(N4CCOCC4)cc3)c2=O)=N1. The summed E-state index contributed by atoms with van der Waals surface area (Å²) in [5.74, 6) is 0.129. The molecule has 0 saturated carbocycles. The number of thiazole rings is 1. The van der Waals surface area contributed by atoms with Crippen LogP contribution in [0.15, 0.2) is 69.6 Å². The van der Waals surface area contributed by atoms with Gasteiger partial charge < -0.3 is 19.1 Å². The lowest BCUT2D eigenvalue weighted by atomic mass is 9.93. The number of rotatable bonds is 8. The zero-order valence-electron chi connectivity index (χ0n) is 22.5. The highest BCUT2D eigenvalue weighted by Crippen LogP contribution is 2.36. The molecule has 2 aliphatic rings. The molecule has 9 heteroatoms. The van der Waals surface area contributed by atoms with Crippen molar-refractivity contribution < 1.29 is 19.0 Å². The Labute approximate surface area is 231 Å². The van der Waals surface area contributed by atoms with Crippen molar-refractivity contribution in [3.05, 3.63) is 90.6 Å². The first-order chi connectivity index (χ1) is 19.0. The number of aromatic nitrogens is 1. The number of nitrogens with zero attached hydrogens (tertiary/aromatic N) is 3. The van der Waals surface area contributed by atoms with Crippen LogP contribution in [0.25, 0.3) is 6.08 Å². The minimum Gasteiger partial charge on any atom is -0.496 e. The Hall–Kier alpha value is -3.69. The number of allylic oxidation sites excluding steroid dienone is 1. The highest BCUT2D eigenvalue weighted by molar-refractivity contribution is 7.07. The second kappa shape index (κ2) is 12.0. The summed E-state index contributed by atoms with van der Waals surface area (Å²) in [6.07, 6.45) is 3.28. The van der Waals surface area contributed by atoms with Crippen LogP contribution in [-0.2, 0) is 14.3 Å². The van der Waals surface area contributed by atoms with Gasteiger partial charge in [-0.15, -0.1) is 0 Å². The minimum absolute atomic E-state index is 0.204. The molecule has 3 aromatic rings. The number of benzene rings is 2. The van der Waals surface area contributed by atoms with Crippen molar-refractivity contribution >= 4 is 29.1 Å². The van der Waals surface area contributed by atoms with E-state index in [9.17, 15) is 9.59 Å². The van der Waals surface area contributed by atoms with Crippen LogP contribution in [0.5, 0.6) is 5.75 Å². The van der Waals surface area contributed by atoms with Crippen molar-refractivity contribution in [2.75, 3.05) is 44.9 Å². The van der Waals surface area contributed by atoms with Gasteiger partial charge in [0, 0.05) is 24.3 Å². The van der Waals surface area contributed by atoms with Crippen LogP contribution in [0.3, 0.4) is 0 Å². The Morgan fingerprint density at radius 2 is 1.87 bits per heavy atom. The van der Waals surface area contributed by atoms with Gasteiger partial charge in [-0.25, -0.2) is 9.79 Å². The monoisotopic (exact) mass is 547 g/mol. The van der Waals surface area contributed by atoms with Crippen molar-refractivity contribution in [3.63, 3.8) is 0 Å². The zero-order valence-corrected chi connectivity index (χ0v) is 23.3. The van der Waals surface area contributed by atoms with Crippen molar-refractivity contribution in [1.29, 1.82) is 0 Å². The molecule has 2 aromatic carbocycles. The van der Waals surface area contributed by atoms with Gasteiger partial charge in [0.05, 0.1) is 42.7 Å². The van der Waals surface area contributed by atoms with Crippen molar-refractivity contribution in [3.8, 4) is 5.75 Å². The summed E-state index contributed by atoms with van der Waals surface area (Å²) >= 11 is 1.33. The van der Waals surface area contributed by atoms with E-state index in [0.29, 0.717) is 38.3 Å². The predicted octanol–water partition coefficient (Wildman–Crippen LogP) is 3.42. The number of methoxy groups -OCH3 is 1. The molecule has 1 aromatic heterocycles. The smallest absolute Gasteiger partial charge is 0.338 e. The van der Waals surface area contributed by atoms with E-state index in [1.807, 2.05) is 49.4 Å². The fourth-order valence-corrected chi connectivity index (χ4v) is 6.08. The Morgan fingerprint density at radius 3 is 2.56 bits per heavy atom. The topological polar surface area (TPSA) is 82.4 Å². The number of esters is 1. The molecule has 3 heterocycles.